The van der Waals surface area contributed by atoms with Crippen LogP contribution in [0, 0.1) is 0 Å². The Labute approximate surface area is 457 Å². The molecule has 0 spiro atoms. The molecule has 0 fully saturated rings. The van der Waals surface area contributed by atoms with Crippen LogP contribution in [0.25, 0.3) is 0 Å². The number of allylic oxidation sites excluding steroid dienone is 16. The lowest BCUT2D eigenvalue weighted by Crippen LogP contribution is -2.30. The molecule has 1 unspecified atom stereocenters. The highest BCUT2D eigenvalue weighted by Gasteiger charge is 2.19. The van der Waals surface area contributed by atoms with Crippen LogP contribution in [-0.2, 0) is 28.6 Å². The molecule has 424 valence electrons. The van der Waals surface area contributed by atoms with Gasteiger partial charge >= 0.3 is 17.9 Å². The lowest BCUT2D eigenvalue weighted by molar-refractivity contribution is -0.167. The minimum absolute atomic E-state index is 0.0877. The highest BCUT2D eigenvalue weighted by atomic mass is 16.6. The Morgan fingerprint density at radius 3 is 0.824 bits per heavy atom. The topological polar surface area (TPSA) is 78.9 Å². The molecule has 0 N–H and O–H groups in total. The van der Waals surface area contributed by atoms with Gasteiger partial charge in [-0.05, 0) is 83.5 Å². The van der Waals surface area contributed by atoms with Gasteiger partial charge in [-0.1, -0.05) is 291 Å². The first-order chi connectivity index (χ1) is 36.5. The third-order valence-corrected chi connectivity index (χ3v) is 13.4. The van der Waals surface area contributed by atoms with Gasteiger partial charge in [-0.15, -0.1) is 0 Å². The Bertz CT molecular complexity index is 1460. The van der Waals surface area contributed by atoms with E-state index in [2.05, 4.69) is 118 Å². The van der Waals surface area contributed by atoms with Gasteiger partial charge in [-0.2, -0.15) is 0 Å². The minimum Gasteiger partial charge on any atom is -0.462 e. The van der Waals surface area contributed by atoms with Gasteiger partial charge < -0.3 is 14.2 Å². The SMILES string of the molecule is CC/C=C\C/C=C\C/C=C\C/C=C\C/C=C\C/C=C\C/C=C\C/C=C\CCCCC(=O)OCC(COC(=O)CCCCCCCCCCCCC)OC(=O)CCCCCCCCCCCCCCCCCCCC. The van der Waals surface area contributed by atoms with Crippen LogP contribution in [-0.4, -0.2) is 37.2 Å². The maximum Gasteiger partial charge on any atom is 0.306 e. The van der Waals surface area contributed by atoms with Gasteiger partial charge in [0, 0.05) is 19.3 Å². The van der Waals surface area contributed by atoms with Crippen LogP contribution >= 0.6 is 0 Å². The lowest BCUT2D eigenvalue weighted by atomic mass is 10.0. The maximum atomic E-state index is 12.9. The average Bonchev–Trinajstić information content (AvgIpc) is 3.40. The Hall–Kier alpha value is -3.67. The predicted molar refractivity (Wildman–Crippen MR) is 320 cm³/mol. The Morgan fingerprint density at radius 1 is 0.284 bits per heavy atom. The summed E-state index contributed by atoms with van der Waals surface area (Å²) in [6.07, 6.45) is 82.7. The summed E-state index contributed by atoms with van der Waals surface area (Å²) < 4.78 is 16.9. The third kappa shape index (κ3) is 59.2. The summed E-state index contributed by atoms with van der Waals surface area (Å²) >= 11 is 0. The van der Waals surface area contributed by atoms with E-state index < -0.39 is 6.10 Å². The highest BCUT2D eigenvalue weighted by Crippen LogP contribution is 2.16. The molecule has 0 rings (SSSR count). The molecule has 0 saturated heterocycles. The summed E-state index contributed by atoms with van der Waals surface area (Å²) in [5.74, 6) is -0.923. The van der Waals surface area contributed by atoms with E-state index in [0.717, 1.165) is 109 Å². The number of carbonyl (C=O) groups excluding carboxylic acids is 3. The van der Waals surface area contributed by atoms with Crippen LogP contribution in [0.4, 0.5) is 0 Å². The van der Waals surface area contributed by atoms with Crippen molar-refractivity contribution in [3.05, 3.63) is 97.2 Å². The fourth-order valence-corrected chi connectivity index (χ4v) is 8.69. The van der Waals surface area contributed by atoms with E-state index in [-0.39, 0.29) is 31.1 Å². The van der Waals surface area contributed by atoms with Crippen molar-refractivity contribution < 1.29 is 28.6 Å². The second-order valence-corrected chi connectivity index (χ2v) is 20.6. The van der Waals surface area contributed by atoms with Crippen LogP contribution in [0.1, 0.15) is 297 Å². The largest absolute Gasteiger partial charge is 0.462 e. The van der Waals surface area contributed by atoms with Crippen molar-refractivity contribution in [3.63, 3.8) is 0 Å². The number of rotatable bonds is 56. The average molecular weight is 1030 g/mol. The first-order valence-electron chi connectivity index (χ1n) is 31.2. The molecule has 1 atom stereocenters. The van der Waals surface area contributed by atoms with Crippen LogP contribution in [0.15, 0.2) is 97.2 Å². The summed E-state index contributed by atoms with van der Waals surface area (Å²) in [6, 6.07) is 0. The van der Waals surface area contributed by atoms with E-state index in [9.17, 15) is 14.4 Å². The molecule has 0 saturated carbocycles. The van der Waals surface area contributed by atoms with Crippen LogP contribution in [0.5, 0.6) is 0 Å². The van der Waals surface area contributed by atoms with Crippen LogP contribution in [0.3, 0.4) is 0 Å². The fraction of sp³-hybridized carbons (Fsp3) is 0.721. The summed E-state index contributed by atoms with van der Waals surface area (Å²) in [5.41, 5.74) is 0. The fourth-order valence-electron chi connectivity index (χ4n) is 8.69. The number of carbonyl (C=O) groups is 3. The minimum atomic E-state index is -0.793. The second kappa shape index (κ2) is 61.9. The summed E-state index contributed by atoms with van der Waals surface area (Å²) in [7, 11) is 0. The van der Waals surface area contributed by atoms with Gasteiger partial charge in [0.05, 0.1) is 0 Å². The summed E-state index contributed by atoms with van der Waals surface area (Å²) in [5, 5.41) is 0. The maximum absolute atomic E-state index is 12.9. The van der Waals surface area contributed by atoms with Crippen molar-refractivity contribution in [1.29, 1.82) is 0 Å². The molecule has 0 aromatic heterocycles. The van der Waals surface area contributed by atoms with Gasteiger partial charge in [0.2, 0.25) is 0 Å². The monoisotopic (exact) mass is 1030 g/mol. The van der Waals surface area contributed by atoms with E-state index in [4.69, 9.17) is 14.2 Å². The van der Waals surface area contributed by atoms with Crippen molar-refractivity contribution in [1.82, 2.24) is 0 Å². The Balaban J connectivity index is 4.37. The van der Waals surface area contributed by atoms with E-state index >= 15 is 0 Å². The van der Waals surface area contributed by atoms with Gasteiger partial charge in [0.1, 0.15) is 13.2 Å². The molecule has 0 aromatic carbocycles. The third-order valence-electron chi connectivity index (χ3n) is 13.4. The van der Waals surface area contributed by atoms with Gasteiger partial charge in [-0.25, -0.2) is 0 Å². The molecule has 0 amide bonds. The van der Waals surface area contributed by atoms with Crippen molar-refractivity contribution >= 4 is 17.9 Å². The van der Waals surface area contributed by atoms with E-state index in [1.807, 2.05) is 0 Å². The molecule has 0 aliphatic heterocycles. The van der Waals surface area contributed by atoms with Crippen molar-refractivity contribution in [2.75, 3.05) is 13.2 Å². The second-order valence-electron chi connectivity index (χ2n) is 20.6. The van der Waals surface area contributed by atoms with Gasteiger partial charge in [0.25, 0.3) is 0 Å². The molecule has 74 heavy (non-hydrogen) atoms. The van der Waals surface area contributed by atoms with Crippen molar-refractivity contribution in [3.8, 4) is 0 Å². The number of ether oxygens (including phenoxy) is 3. The molecule has 0 aromatic rings. The zero-order valence-electron chi connectivity index (χ0n) is 48.6. The van der Waals surface area contributed by atoms with Gasteiger partial charge in [0.15, 0.2) is 6.10 Å². The number of esters is 3. The molecular weight excluding hydrogens is 913 g/mol. The number of unbranched alkanes of at least 4 members (excludes halogenated alkanes) is 29. The first kappa shape index (κ1) is 70.3. The van der Waals surface area contributed by atoms with Crippen molar-refractivity contribution in [2.24, 2.45) is 0 Å². The smallest absolute Gasteiger partial charge is 0.306 e. The Kier molecular flexibility index (Phi) is 58.8. The van der Waals surface area contributed by atoms with Crippen molar-refractivity contribution in [2.45, 2.75) is 303 Å². The summed E-state index contributed by atoms with van der Waals surface area (Å²) in [6.45, 7) is 6.51. The van der Waals surface area contributed by atoms with E-state index in [0.29, 0.717) is 19.3 Å². The first-order valence-corrected chi connectivity index (χ1v) is 31.2. The molecule has 0 heterocycles. The zero-order chi connectivity index (χ0) is 53.6. The quantitative estimate of drug-likeness (QED) is 0.0261. The molecule has 6 heteroatoms. The molecule has 0 aliphatic rings. The highest BCUT2D eigenvalue weighted by molar-refractivity contribution is 5.71. The lowest BCUT2D eigenvalue weighted by Gasteiger charge is -2.18. The molecular formula is C68H116O6. The normalized spacial score (nSPS) is 12.7. The van der Waals surface area contributed by atoms with E-state index in [1.165, 1.54) is 148 Å². The molecule has 0 radical (unpaired) electrons. The van der Waals surface area contributed by atoms with Gasteiger partial charge in [-0.3, -0.25) is 14.4 Å². The number of hydrogen-bond donors (Lipinski definition) is 0. The summed E-state index contributed by atoms with van der Waals surface area (Å²) in [4.78, 5) is 38.2. The zero-order valence-corrected chi connectivity index (χ0v) is 48.6. The van der Waals surface area contributed by atoms with Crippen LogP contribution in [0.2, 0.25) is 0 Å². The predicted octanol–water partition coefficient (Wildman–Crippen LogP) is 21.3. The molecule has 0 bridgehead atoms. The number of hydrogen-bond acceptors (Lipinski definition) is 6. The molecule has 6 nitrogen and oxygen atoms in total. The van der Waals surface area contributed by atoms with E-state index in [1.54, 1.807) is 0 Å². The standard InChI is InChI=1S/C68H116O6/c1-4-7-10-13-16-19-22-24-26-28-30-31-32-33-34-35-36-37-38-40-41-43-46-49-52-55-58-61-67(70)73-64-65(63-72-66(69)60-57-54-51-48-45-21-18-15-12-9-6-3)74-68(71)62-59-56-53-50-47-44-42-39-29-27-25-23-20-17-14-11-8-5-2/h7,10,16,19,24,26,30-31,33-34,36-37,40-41,46,49,65H,4-6,8-9,11-15,17-18,20-23,25,27-29,32,35,38-39,42-45,47-48,50-64H2,1-3H3/b10-7-,19-16-,26-24-,31-30-,34-33-,37-36-,41-40-,49-46-. The molecule has 0 aliphatic carbocycles. The Morgan fingerprint density at radius 2 is 0.527 bits per heavy atom. The van der Waals surface area contributed by atoms with Crippen LogP contribution < -0.4 is 0 Å².